The van der Waals surface area contributed by atoms with E-state index in [1.807, 2.05) is 6.08 Å². The van der Waals surface area contributed by atoms with E-state index in [9.17, 15) is 0 Å². The summed E-state index contributed by atoms with van der Waals surface area (Å²) in [4.78, 5) is 2.49. The van der Waals surface area contributed by atoms with Gasteiger partial charge in [-0.25, -0.2) is 0 Å². The van der Waals surface area contributed by atoms with Crippen molar-refractivity contribution in [1.29, 1.82) is 0 Å². The summed E-state index contributed by atoms with van der Waals surface area (Å²) in [7, 11) is 3.99. The molecule has 1 N–H and O–H groups in total. The molecule has 1 aromatic carbocycles. The number of nitrogens with zero attached hydrogens (tertiary/aromatic N) is 1. The lowest BCUT2D eigenvalue weighted by Gasteiger charge is -2.47. The number of hydrogen-bond acceptors (Lipinski definition) is 4. The van der Waals surface area contributed by atoms with Gasteiger partial charge in [0.25, 0.3) is 0 Å². The Morgan fingerprint density at radius 1 is 1.38 bits per heavy atom. The van der Waals surface area contributed by atoms with Crippen molar-refractivity contribution < 1.29 is 9.47 Å². The second-order valence-electron chi connectivity index (χ2n) is 8.08. The van der Waals surface area contributed by atoms with Crippen LogP contribution in [0.2, 0.25) is 0 Å². The fourth-order valence-corrected chi connectivity index (χ4v) is 5.50. The summed E-state index contributed by atoms with van der Waals surface area (Å²) in [5.41, 5.74) is 2.88. The maximum Gasteiger partial charge on any atom is 0.165 e. The van der Waals surface area contributed by atoms with Crippen LogP contribution < -0.4 is 14.8 Å². The van der Waals surface area contributed by atoms with E-state index in [1.165, 1.54) is 24.0 Å². The second-order valence-corrected chi connectivity index (χ2v) is 8.08. The van der Waals surface area contributed by atoms with Gasteiger partial charge in [-0.1, -0.05) is 19.1 Å². The molecule has 142 valence electrons. The molecule has 5 atom stereocenters. The van der Waals surface area contributed by atoms with Gasteiger partial charge in [-0.3, -0.25) is 4.90 Å². The van der Waals surface area contributed by atoms with Crippen molar-refractivity contribution in [1.82, 2.24) is 10.2 Å². The Morgan fingerprint density at radius 2 is 2.23 bits per heavy atom. The molecule has 1 fully saturated rings. The molecule has 0 bridgehead atoms. The average Bonchev–Trinajstić information content (AvgIpc) is 3.06. The van der Waals surface area contributed by atoms with Gasteiger partial charge in [-0.2, -0.15) is 0 Å². The maximum atomic E-state index is 6.60. The Balaban J connectivity index is 1.73. The lowest BCUT2D eigenvalue weighted by Crippen LogP contribution is -2.55. The molecule has 0 aromatic heterocycles. The fourth-order valence-electron chi connectivity index (χ4n) is 5.50. The van der Waals surface area contributed by atoms with E-state index in [4.69, 9.17) is 9.47 Å². The quantitative estimate of drug-likeness (QED) is 0.760. The summed E-state index contributed by atoms with van der Waals surface area (Å²) in [6, 6.07) is 5.34. The summed E-state index contributed by atoms with van der Waals surface area (Å²) < 4.78 is 12.2. The van der Waals surface area contributed by atoms with Crippen molar-refractivity contribution in [2.45, 2.75) is 56.7 Å². The monoisotopic (exact) mass is 356 g/mol. The third-order valence-corrected chi connectivity index (χ3v) is 6.64. The van der Waals surface area contributed by atoms with Gasteiger partial charge >= 0.3 is 0 Å². The highest BCUT2D eigenvalue weighted by Crippen LogP contribution is 2.57. The summed E-state index contributed by atoms with van der Waals surface area (Å²) in [6.07, 6.45) is 6.95. The molecule has 0 saturated heterocycles. The van der Waals surface area contributed by atoms with Gasteiger partial charge in [0.05, 0.1) is 7.11 Å². The van der Waals surface area contributed by atoms with Gasteiger partial charge in [0.1, 0.15) is 6.10 Å². The van der Waals surface area contributed by atoms with Crippen molar-refractivity contribution in [2.75, 3.05) is 27.2 Å². The van der Waals surface area contributed by atoms with E-state index >= 15 is 0 Å². The SMILES string of the molecule is C=CCN(C)C1Cc2ccc(OC)c3c2C2C1CCC(NCCC)C2O3. The molecule has 0 amide bonds. The van der Waals surface area contributed by atoms with Gasteiger partial charge in [-0.15, -0.1) is 6.58 Å². The van der Waals surface area contributed by atoms with Gasteiger partial charge < -0.3 is 14.8 Å². The van der Waals surface area contributed by atoms with Crippen LogP contribution in [0.5, 0.6) is 11.5 Å². The van der Waals surface area contributed by atoms with E-state index in [-0.39, 0.29) is 6.10 Å². The molecule has 1 saturated carbocycles. The largest absolute Gasteiger partial charge is 0.493 e. The van der Waals surface area contributed by atoms with E-state index < -0.39 is 0 Å². The van der Waals surface area contributed by atoms with E-state index in [0.717, 1.165) is 37.4 Å². The highest BCUT2D eigenvalue weighted by Gasteiger charge is 2.53. The standard InChI is InChI=1S/C22H32N2O2/c1-5-11-23-16-9-8-15-17(24(3)12-6-2)13-14-7-10-18(25-4)22-19(14)20(15)21(16)26-22/h6-7,10,15-17,20-21,23H,2,5,8-9,11-13H2,1,3-4H3. The Kier molecular flexibility index (Phi) is 4.98. The number of hydrogen-bond donors (Lipinski definition) is 1. The molecule has 0 spiro atoms. The molecule has 5 unspecified atom stereocenters. The van der Waals surface area contributed by atoms with Crippen LogP contribution in [-0.2, 0) is 6.42 Å². The van der Waals surface area contributed by atoms with Crippen molar-refractivity contribution in [3.63, 3.8) is 0 Å². The minimum Gasteiger partial charge on any atom is -0.493 e. The van der Waals surface area contributed by atoms with Crippen LogP contribution in [0, 0.1) is 5.92 Å². The second kappa shape index (κ2) is 7.24. The first-order valence-electron chi connectivity index (χ1n) is 10.1. The number of benzene rings is 1. The van der Waals surface area contributed by atoms with Crippen LogP contribution in [-0.4, -0.2) is 50.3 Å². The third kappa shape index (κ3) is 2.74. The highest BCUT2D eigenvalue weighted by molar-refractivity contribution is 5.58. The zero-order valence-electron chi connectivity index (χ0n) is 16.3. The maximum absolute atomic E-state index is 6.60. The van der Waals surface area contributed by atoms with Crippen molar-refractivity contribution in [3.05, 3.63) is 35.9 Å². The smallest absolute Gasteiger partial charge is 0.165 e. The topological polar surface area (TPSA) is 33.7 Å². The Hall–Kier alpha value is -1.52. The van der Waals surface area contributed by atoms with Crippen LogP contribution in [0.1, 0.15) is 43.2 Å². The first kappa shape index (κ1) is 17.9. The molecule has 3 aliphatic rings. The summed E-state index contributed by atoms with van der Waals surface area (Å²) in [5.74, 6) is 3.03. The van der Waals surface area contributed by atoms with Gasteiger partial charge in [0.2, 0.25) is 0 Å². The summed E-state index contributed by atoms with van der Waals surface area (Å²) >= 11 is 0. The molecule has 4 rings (SSSR count). The number of nitrogens with one attached hydrogen (secondary N) is 1. The van der Waals surface area contributed by atoms with Crippen LogP contribution >= 0.6 is 0 Å². The van der Waals surface area contributed by atoms with E-state index in [2.05, 4.69) is 42.9 Å². The molecule has 4 nitrogen and oxygen atoms in total. The zero-order chi connectivity index (χ0) is 18.3. The molecule has 26 heavy (non-hydrogen) atoms. The predicted octanol–water partition coefficient (Wildman–Crippen LogP) is 3.36. The van der Waals surface area contributed by atoms with Crippen molar-refractivity contribution >= 4 is 0 Å². The molecule has 0 radical (unpaired) electrons. The Morgan fingerprint density at radius 3 is 2.96 bits per heavy atom. The Labute approximate surface area is 157 Å². The van der Waals surface area contributed by atoms with Gasteiger partial charge in [0.15, 0.2) is 11.5 Å². The molecule has 1 aliphatic heterocycles. The molecular formula is C22H32N2O2. The van der Waals surface area contributed by atoms with Crippen LogP contribution in [0.3, 0.4) is 0 Å². The van der Waals surface area contributed by atoms with E-state index in [1.54, 1.807) is 7.11 Å². The molecule has 1 heterocycles. The van der Waals surface area contributed by atoms with Gasteiger partial charge in [-0.05, 0) is 56.8 Å². The van der Waals surface area contributed by atoms with Gasteiger partial charge in [0, 0.05) is 30.1 Å². The number of methoxy groups -OCH3 is 1. The third-order valence-electron chi connectivity index (χ3n) is 6.64. The molecule has 1 aromatic rings. The lowest BCUT2D eigenvalue weighted by atomic mass is 9.64. The number of likely N-dealkylation sites (N-methyl/N-ethyl adjacent to an activating group) is 1. The Bertz CT molecular complexity index is 674. The fraction of sp³-hybridized carbons (Fsp3) is 0.636. The molecular weight excluding hydrogens is 324 g/mol. The minimum atomic E-state index is 0.227. The molecule has 4 heteroatoms. The minimum absolute atomic E-state index is 0.227. The summed E-state index contributed by atoms with van der Waals surface area (Å²) in [5, 5.41) is 3.75. The van der Waals surface area contributed by atoms with Crippen LogP contribution in [0.4, 0.5) is 0 Å². The van der Waals surface area contributed by atoms with Crippen molar-refractivity contribution in [2.24, 2.45) is 5.92 Å². The van der Waals surface area contributed by atoms with Crippen LogP contribution in [0.25, 0.3) is 0 Å². The molecule has 2 aliphatic carbocycles. The highest BCUT2D eigenvalue weighted by atomic mass is 16.5. The van der Waals surface area contributed by atoms with Crippen molar-refractivity contribution in [3.8, 4) is 11.5 Å². The predicted molar refractivity (Wildman–Crippen MR) is 105 cm³/mol. The number of rotatable bonds is 7. The van der Waals surface area contributed by atoms with Crippen LogP contribution in [0.15, 0.2) is 24.8 Å². The number of ether oxygens (including phenoxy) is 2. The first-order chi connectivity index (χ1) is 12.7. The normalized spacial score (nSPS) is 31.5. The summed E-state index contributed by atoms with van der Waals surface area (Å²) in [6.45, 7) is 8.17. The lowest BCUT2D eigenvalue weighted by molar-refractivity contribution is 0.0434. The average molecular weight is 357 g/mol. The first-order valence-corrected chi connectivity index (χ1v) is 10.1. The zero-order valence-corrected chi connectivity index (χ0v) is 16.3. The van der Waals surface area contributed by atoms with E-state index in [0.29, 0.717) is 23.9 Å².